The highest BCUT2D eigenvalue weighted by Gasteiger charge is 2.19. The third-order valence-electron chi connectivity index (χ3n) is 3.29. The summed E-state index contributed by atoms with van der Waals surface area (Å²) in [5.41, 5.74) is 7.81. The van der Waals surface area contributed by atoms with Gasteiger partial charge in [0.15, 0.2) is 5.75 Å². The smallest absolute Gasteiger partial charge is 0.257 e. The molecule has 5 nitrogen and oxygen atoms in total. The van der Waals surface area contributed by atoms with E-state index in [0.717, 1.165) is 11.3 Å². The summed E-state index contributed by atoms with van der Waals surface area (Å²) in [5, 5.41) is 0. The van der Waals surface area contributed by atoms with Gasteiger partial charge in [-0.3, -0.25) is 4.79 Å². The van der Waals surface area contributed by atoms with E-state index in [4.69, 9.17) is 14.9 Å². The molecule has 0 saturated carbocycles. The van der Waals surface area contributed by atoms with Crippen LogP contribution >= 0.6 is 0 Å². The van der Waals surface area contributed by atoms with Crippen molar-refractivity contribution in [2.75, 3.05) is 19.4 Å². The molecule has 0 radical (unpaired) electrons. The molecule has 2 aromatic rings. The summed E-state index contributed by atoms with van der Waals surface area (Å²) in [6, 6.07) is 7.06. The Bertz CT molecular complexity index is 634. The minimum Gasteiger partial charge on any atom is -0.491 e. The molecule has 1 amide bonds. The van der Waals surface area contributed by atoms with Crippen LogP contribution in [0.1, 0.15) is 28.6 Å². The van der Waals surface area contributed by atoms with Crippen LogP contribution < -0.4 is 10.5 Å². The number of anilines is 1. The van der Waals surface area contributed by atoms with Gasteiger partial charge in [-0.1, -0.05) is 6.07 Å². The van der Waals surface area contributed by atoms with E-state index in [1.165, 1.54) is 0 Å². The Morgan fingerprint density at radius 1 is 1.38 bits per heavy atom. The molecular weight excluding hydrogens is 268 g/mol. The number of nitrogens with two attached hydrogens (primary N) is 1. The zero-order valence-corrected chi connectivity index (χ0v) is 12.6. The first-order valence-corrected chi connectivity index (χ1v) is 6.84. The molecule has 1 heterocycles. The third kappa shape index (κ3) is 3.18. The minimum atomic E-state index is -0.133. The predicted molar refractivity (Wildman–Crippen MR) is 81.3 cm³/mol. The first-order valence-electron chi connectivity index (χ1n) is 6.84. The molecule has 2 rings (SSSR count). The number of para-hydroxylation sites is 1. The topological polar surface area (TPSA) is 68.7 Å². The number of hydrogen-bond acceptors (Lipinski definition) is 4. The maximum Gasteiger partial charge on any atom is 0.257 e. The van der Waals surface area contributed by atoms with Gasteiger partial charge in [-0.25, -0.2) is 0 Å². The second kappa shape index (κ2) is 6.35. The third-order valence-corrected chi connectivity index (χ3v) is 3.29. The molecule has 0 fully saturated rings. The molecule has 0 aliphatic rings. The van der Waals surface area contributed by atoms with Crippen LogP contribution in [0.5, 0.6) is 5.75 Å². The van der Waals surface area contributed by atoms with Gasteiger partial charge in [0, 0.05) is 19.2 Å². The summed E-state index contributed by atoms with van der Waals surface area (Å²) in [6.07, 6.45) is 1.62. The van der Waals surface area contributed by atoms with Crippen LogP contribution in [0.3, 0.4) is 0 Å². The summed E-state index contributed by atoms with van der Waals surface area (Å²) in [4.78, 5) is 14.2. The van der Waals surface area contributed by atoms with Crippen molar-refractivity contribution in [1.82, 2.24) is 4.90 Å². The van der Waals surface area contributed by atoms with E-state index in [-0.39, 0.29) is 5.91 Å². The van der Waals surface area contributed by atoms with Gasteiger partial charge < -0.3 is 19.8 Å². The fraction of sp³-hybridized carbons (Fsp3) is 0.312. The van der Waals surface area contributed by atoms with Gasteiger partial charge >= 0.3 is 0 Å². The molecule has 1 aromatic carbocycles. The van der Waals surface area contributed by atoms with E-state index < -0.39 is 0 Å². The zero-order valence-electron chi connectivity index (χ0n) is 12.6. The first kappa shape index (κ1) is 15.0. The van der Waals surface area contributed by atoms with Crippen LogP contribution in [0.2, 0.25) is 0 Å². The van der Waals surface area contributed by atoms with Crippen molar-refractivity contribution in [2.24, 2.45) is 0 Å². The molecule has 0 aliphatic carbocycles. The van der Waals surface area contributed by atoms with Crippen molar-refractivity contribution in [1.29, 1.82) is 0 Å². The van der Waals surface area contributed by atoms with Crippen LogP contribution in [0.4, 0.5) is 5.69 Å². The number of aryl methyl sites for hydroxylation is 1. The lowest BCUT2D eigenvalue weighted by atomic mass is 10.1. The van der Waals surface area contributed by atoms with Crippen molar-refractivity contribution < 1.29 is 13.9 Å². The Labute approximate surface area is 124 Å². The van der Waals surface area contributed by atoms with E-state index in [0.29, 0.717) is 30.2 Å². The molecule has 0 saturated heterocycles. The molecule has 0 aliphatic heterocycles. The van der Waals surface area contributed by atoms with Gasteiger partial charge in [0.1, 0.15) is 5.76 Å². The lowest BCUT2D eigenvalue weighted by Crippen LogP contribution is -2.27. The summed E-state index contributed by atoms with van der Waals surface area (Å²) >= 11 is 0. The normalized spacial score (nSPS) is 10.4. The number of ether oxygens (including phenoxy) is 1. The number of benzene rings is 1. The Morgan fingerprint density at radius 2 is 2.14 bits per heavy atom. The summed E-state index contributed by atoms with van der Waals surface area (Å²) in [7, 11) is 1.74. The quantitative estimate of drug-likeness (QED) is 0.859. The molecule has 112 valence electrons. The summed E-state index contributed by atoms with van der Waals surface area (Å²) < 4.78 is 10.8. The number of carbonyl (C=O) groups is 1. The SMILES string of the molecule is CCOc1c(N)cccc1C(=O)N(C)Cc1ccoc1C. The van der Waals surface area contributed by atoms with Crippen molar-refractivity contribution in [3.05, 3.63) is 47.4 Å². The molecule has 0 unspecified atom stereocenters. The Balaban J connectivity index is 2.23. The van der Waals surface area contributed by atoms with Crippen molar-refractivity contribution >= 4 is 11.6 Å². The summed E-state index contributed by atoms with van der Waals surface area (Å²) in [5.74, 6) is 1.12. The molecule has 1 aromatic heterocycles. The van der Waals surface area contributed by atoms with E-state index >= 15 is 0 Å². The summed E-state index contributed by atoms with van der Waals surface area (Å²) in [6.45, 7) is 4.67. The fourth-order valence-electron chi connectivity index (χ4n) is 2.14. The Hall–Kier alpha value is -2.43. The highest BCUT2D eigenvalue weighted by atomic mass is 16.5. The van der Waals surface area contributed by atoms with Gasteiger partial charge in [-0.05, 0) is 32.0 Å². The van der Waals surface area contributed by atoms with Crippen molar-refractivity contribution in [3.63, 3.8) is 0 Å². The van der Waals surface area contributed by atoms with Crippen LogP contribution in [-0.4, -0.2) is 24.5 Å². The lowest BCUT2D eigenvalue weighted by Gasteiger charge is -2.19. The molecule has 0 atom stereocenters. The number of rotatable bonds is 5. The maximum atomic E-state index is 12.6. The van der Waals surface area contributed by atoms with E-state index in [1.54, 1.807) is 36.4 Å². The standard InChI is InChI=1S/C16H20N2O3/c1-4-20-15-13(6-5-7-14(15)17)16(19)18(3)10-12-8-9-21-11(12)2/h5-9H,4,10,17H2,1-3H3. The van der Waals surface area contributed by atoms with E-state index in [2.05, 4.69) is 0 Å². The highest BCUT2D eigenvalue weighted by molar-refractivity contribution is 5.98. The number of hydrogen-bond donors (Lipinski definition) is 1. The monoisotopic (exact) mass is 288 g/mol. The minimum absolute atomic E-state index is 0.133. The number of amides is 1. The second-order valence-corrected chi connectivity index (χ2v) is 4.82. The van der Waals surface area contributed by atoms with Crippen LogP contribution in [-0.2, 0) is 6.54 Å². The molecule has 2 N–H and O–H groups in total. The zero-order chi connectivity index (χ0) is 15.4. The Kier molecular flexibility index (Phi) is 4.52. The van der Waals surface area contributed by atoms with Crippen molar-refractivity contribution in [3.8, 4) is 5.75 Å². The molecule has 0 spiro atoms. The maximum absolute atomic E-state index is 12.6. The number of nitrogens with zero attached hydrogens (tertiary/aromatic N) is 1. The van der Waals surface area contributed by atoms with Gasteiger partial charge in [0.25, 0.3) is 5.91 Å². The fourth-order valence-corrected chi connectivity index (χ4v) is 2.14. The van der Waals surface area contributed by atoms with Crippen LogP contribution in [0.15, 0.2) is 34.9 Å². The number of carbonyl (C=O) groups excluding carboxylic acids is 1. The van der Waals surface area contributed by atoms with Crippen molar-refractivity contribution in [2.45, 2.75) is 20.4 Å². The van der Waals surface area contributed by atoms with Crippen LogP contribution in [0.25, 0.3) is 0 Å². The van der Waals surface area contributed by atoms with Gasteiger partial charge in [0.05, 0.1) is 24.1 Å². The number of nitrogen functional groups attached to an aromatic ring is 1. The van der Waals surface area contributed by atoms with Gasteiger partial charge in [-0.2, -0.15) is 0 Å². The largest absolute Gasteiger partial charge is 0.491 e. The Morgan fingerprint density at radius 3 is 2.76 bits per heavy atom. The van der Waals surface area contributed by atoms with E-state index in [9.17, 15) is 4.79 Å². The first-order chi connectivity index (χ1) is 10.0. The lowest BCUT2D eigenvalue weighted by molar-refractivity contribution is 0.0780. The number of furan rings is 1. The van der Waals surface area contributed by atoms with E-state index in [1.807, 2.05) is 19.9 Å². The van der Waals surface area contributed by atoms with Gasteiger partial charge in [0.2, 0.25) is 0 Å². The highest BCUT2D eigenvalue weighted by Crippen LogP contribution is 2.27. The molecule has 5 heteroatoms. The average molecular weight is 288 g/mol. The second-order valence-electron chi connectivity index (χ2n) is 4.82. The predicted octanol–water partition coefficient (Wildman–Crippen LogP) is 2.84. The average Bonchev–Trinajstić information content (AvgIpc) is 2.86. The van der Waals surface area contributed by atoms with Crippen LogP contribution in [0, 0.1) is 6.92 Å². The molecule has 21 heavy (non-hydrogen) atoms. The van der Waals surface area contributed by atoms with Gasteiger partial charge in [-0.15, -0.1) is 0 Å². The molecule has 0 bridgehead atoms. The molecular formula is C16H20N2O3.